The Balaban J connectivity index is 1.79. The lowest BCUT2D eigenvalue weighted by Crippen LogP contribution is -2.36. The molecule has 0 aliphatic carbocycles. The molecule has 0 bridgehead atoms. The van der Waals surface area contributed by atoms with Gasteiger partial charge in [-0.3, -0.25) is 4.31 Å². The lowest BCUT2D eigenvalue weighted by atomic mass is 9.99. The first-order valence-corrected chi connectivity index (χ1v) is 12.2. The van der Waals surface area contributed by atoms with Crippen molar-refractivity contribution in [3.63, 3.8) is 0 Å². The summed E-state index contributed by atoms with van der Waals surface area (Å²) < 4.78 is 41.9. The van der Waals surface area contributed by atoms with Gasteiger partial charge in [0.25, 0.3) is 10.0 Å². The molecule has 1 aromatic heterocycles. The molecule has 1 aliphatic heterocycles. The molecule has 0 spiro atoms. The number of rotatable bonds is 3. The van der Waals surface area contributed by atoms with Crippen LogP contribution in [-0.2, 0) is 14.8 Å². The second-order valence-electron chi connectivity index (χ2n) is 8.43. The van der Waals surface area contributed by atoms with Gasteiger partial charge in [-0.1, -0.05) is 60.7 Å². The standard InChI is InChI=1S/C27H25NO4S/c1-18-12-14-21(15-13-18)33(29,30)28-16-19(2)17-31-26(22-9-5-4-8-20(22)3)27-25(28)23-10-6-7-11-24(23)32-27/h4-15,26H,2,16-17H2,1,3H3. The smallest absolute Gasteiger partial charge is 0.264 e. The Bertz CT molecular complexity index is 1450. The van der Waals surface area contributed by atoms with Crippen LogP contribution in [0.5, 0.6) is 0 Å². The first-order valence-electron chi connectivity index (χ1n) is 10.8. The van der Waals surface area contributed by atoms with E-state index in [0.29, 0.717) is 22.6 Å². The molecule has 6 heteroatoms. The molecule has 5 rings (SSSR count). The highest BCUT2D eigenvalue weighted by Crippen LogP contribution is 2.45. The first-order chi connectivity index (χ1) is 15.9. The summed E-state index contributed by atoms with van der Waals surface area (Å²) in [6.07, 6.45) is -0.568. The summed E-state index contributed by atoms with van der Waals surface area (Å²) in [5.41, 5.74) is 4.74. The normalized spacial score (nSPS) is 17.0. The summed E-state index contributed by atoms with van der Waals surface area (Å²) >= 11 is 0. The number of sulfonamides is 1. The quantitative estimate of drug-likeness (QED) is 0.357. The van der Waals surface area contributed by atoms with E-state index in [2.05, 4.69) is 6.58 Å². The van der Waals surface area contributed by atoms with Crippen LogP contribution in [-0.4, -0.2) is 21.6 Å². The Hall–Kier alpha value is -3.35. The van der Waals surface area contributed by atoms with Gasteiger partial charge in [-0.05, 0) is 54.8 Å². The van der Waals surface area contributed by atoms with Crippen molar-refractivity contribution < 1.29 is 17.6 Å². The largest absolute Gasteiger partial charge is 0.456 e. The fourth-order valence-corrected chi connectivity index (χ4v) is 5.76. The fourth-order valence-electron chi connectivity index (χ4n) is 4.25. The maximum atomic E-state index is 13.9. The van der Waals surface area contributed by atoms with Gasteiger partial charge in [0.15, 0.2) is 5.76 Å². The first kappa shape index (κ1) is 21.5. The molecule has 0 radical (unpaired) electrons. The van der Waals surface area contributed by atoms with Crippen molar-refractivity contribution in [2.75, 3.05) is 17.5 Å². The van der Waals surface area contributed by atoms with Crippen LogP contribution in [0.3, 0.4) is 0 Å². The maximum Gasteiger partial charge on any atom is 0.264 e. The van der Waals surface area contributed by atoms with Crippen molar-refractivity contribution >= 4 is 26.7 Å². The van der Waals surface area contributed by atoms with Crippen LogP contribution in [0, 0.1) is 13.8 Å². The van der Waals surface area contributed by atoms with E-state index in [4.69, 9.17) is 9.15 Å². The van der Waals surface area contributed by atoms with Gasteiger partial charge in [0.2, 0.25) is 0 Å². The van der Waals surface area contributed by atoms with Crippen LogP contribution in [0.25, 0.3) is 11.0 Å². The van der Waals surface area contributed by atoms with Crippen LogP contribution >= 0.6 is 0 Å². The molecule has 5 nitrogen and oxygen atoms in total. The predicted molar refractivity (Wildman–Crippen MR) is 130 cm³/mol. The fraction of sp³-hybridized carbons (Fsp3) is 0.185. The highest BCUT2D eigenvalue weighted by Gasteiger charge is 2.36. The molecule has 0 fully saturated rings. The number of hydrogen-bond donors (Lipinski definition) is 0. The molecule has 2 heterocycles. The van der Waals surface area contributed by atoms with Gasteiger partial charge in [0.1, 0.15) is 17.4 Å². The number of benzene rings is 3. The average molecular weight is 460 g/mol. The summed E-state index contributed by atoms with van der Waals surface area (Å²) in [4.78, 5) is 0.228. The monoisotopic (exact) mass is 459 g/mol. The van der Waals surface area contributed by atoms with E-state index in [-0.39, 0.29) is 18.0 Å². The summed E-state index contributed by atoms with van der Waals surface area (Å²) in [7, 11) is -3.88. The van der Waals surface area contributed by atoms with Gasteiger partial charge in [0, 0.05) is 5.39 Å². The number of nitrogens with zero attached hydrogens (tertiary/aromatic N) is 1. The number of hydrogen-bond acceptors (Lipinski definition) is 4. The molecule has 1 atom stereocenters. The van der Waals surface area contributed by atoms with Crippen molar-refractivity contribution in [2.24, 2.45) is 0 Å². The lowest BCUT2D eigenvalue weighted by molar-refractivity contribution is 0.0817. The molecule has 0 amide bonds. The third-order valence-corrected chi connectivity index (χ3v) is 7.74. The lowest BCUT2D eigenvalue weighted by Gasteiger charge is -2.30. The minimum absolute atomic E-state index is 0.104. The summed E-state index contributed by atoms with van der Waals surface area (Å²) in [6, 6.07) is 22.3. The van der Waals surface area contributed by atoms with Crippen molar-refractivity contribution in [1.82, 2.24) is 0 Å². The van der Waals surface area contributed by atoms with Gasteiger partial charge >= 0.3 is 0 Å². The van der Waals surface area contributed by atoms with Crippen LogP contribution in [0.4, 0.5) is 5.69 Å². The molecule has 0 N–H and O–H groups in total. The second-order valence-corrected chi connectivity index (χ2v) is 10.3. The van der Waals surface area contributed by atoms with Gasteiger partial charge < -0.3 is 9.15 Å². The maximum absolute atomic E-state index is 13.9. The number of anilines is 1. The van der Waals surface area contributed by atoms with Gasteiger partial charge in [-0.25, -0.2) is 8.42 Å². The summed E-state index contributed by atoms with van der Waals surface area (Å²) in [5, 5.41) is 0.722. The van der Waals surface area contributed by atoms with Gasteiger partial charge in [0.05, 0.1) is 18.0 Å². The van der Waals surface area contributed by atoms with E-state index in [1.54, 1.807) is 24.3 Å². The van der Waals surface area contributed by atoms with Crippen LogP contribution in [0.2, 0.25) is 0 Å². The Morgan fingerprint density at radius 2 is 1.64 bits per heavy atom. The Labute approximate surface area is 194 Å². The number of ether oxygens (including phenoxy) is 1. The van der Waals surface area contributed by atoms with Crippen molar-refractivity contribution in [2.45, 2.75) is 24.8 Å². The minimum Gasteiger partial charge on any atom is -0.456 e. The van der Waals surface area contributed by atoms with Crippen molar-refractivity contribution in [3.05, 3.63) is 107 Å². The summed E-state index contributed by atoms with van der Waals surface area (Å²) in [6.45, 7) is 8.38. The van der Waals surface area contributed by atoms with Gasteiger partial charge in [-0.15, -0.1) is 0 Å². The van der Waals surface area contributed by atoms with Crippen LogP contribution < -0.4 is 4.31 Å². The molecule has 0 saturated heterocycles. The summed E-state index contributed by atoms with van der Waals surface area (Å²) in [5.74, 6) is 0.480. The van der Waals surface area contributed by atoms with Crippen molar-refractivity contribution in [3.8, 4) is 0 Å². The van der Waals surface area contributed by atoms with E-state index in [0.717, 1.165) is 22.1 Å². The third-order valence-electron chi connectivity index (χ3n) is 5.98. The SMILES string of the molecule is C=C1COC(c2ccccc2C)c2oc3ccccc3c2N(S(=O)(=O)c2ccc(C)cc2)C1. The van der Waals surface area contributed by atoms with Crippen LogP contribution in [0.1, 0.15) is 28.6 Å². The predicted octanol–water partition coefficient (Wildman–Crippen LogP) is 5.92. The zero-order valence-corrected chi connectivity index (χ0v) is 19.4. The molecule has 3 aromatic carbocycles. The zero-order chi connectivity index (χ0) is 23.2. The highest BCUT2D eigenvalue weighted by atomic mass is 32.2. The Kier molecular flexibility index (Phi) is 5.35. The van der Waals surface area contributed by atoms with E-state index >= 15 is 0 Å². The van der Waals surface area contributed by atoms with E-state index in [1.165, 1.54) is 4.31 Å². The molecule has 0 saturated carbocycles. The highest BCUT2D eigenvalue weighted by molar-refractivity contribution is 7.92. The molecule has 33 heavy (non-hydrogen) atoms. The van der Waals surface area contributed by atoms with E-state index < -0.39 is 16.1 Å². The number of para-hydroxylation sites is 1. The number of fused-ring (bicyclic) bond motifs is 3. The molecule has 1 aliphatic rings. The topological polar surface area (TPSA) is 59.8 Å². The van der Waals surface area contributed by atoms with E-state index in [9.17, 15) is 8.42 Å². The average Bonchev–Trinajstić information content (AvgIpc) is 3.16. The molecule has 4 aromatic rings. The molecule has 1 unspecified atom stereocenters. The third kappa shape index (κ3) is 3.75. The van der Waals surface area contributed by atoms with E-state index in [1.807, 2.05) is 62.4 Å². The van der Waals surface area contributed by atoms with Gasteiger partial charge in [-0.2, -0.15) is 0 Å². The van der Waals surface area contributed by atoms with Crippen molar-refractivity contribution in [1.29, 1.82) is 0 Å². The minimum atomic E-state index is -3.88. The zero-order valence-electron chi connectivity index (χ0n) is 18.6. The molecular weight excluding hydrogens is 434 g/mol. The molecular formula is C27H25NO4S. The Morgan fingerprint density at radius 3 is 2.39 bits per heavy atom. The Morgan fingerprint density at radius 1 is 0.939 bits per heavy atom. The number of aryl methyl sites for hydroxylation is 2. The molecule has 168 valence electrons. The second kappa shape index (κ2) is 8.21. The van der Waals surface area contributed by atoms with Crippen LogP contribution in [0.15, 0.2) is 94.3 Å². The number of furan rings is 1.